The average molecular weight is 400 g/mol. The molecule has 1 aromatic rings. The van der Waals surface area contributed by atoms with Gasteiger partial charge in [-0.15, -0.1) is 0 Å². The van der Waals surface area contributed by atoms with E-state index in [9.17, 15) is 4.79 Å². The summed E-state index contributed by atoms with van der Waals surface area (Å²) in [4.78, 5) is 22.3. The molecule has 0 N–H and O–H groups in total. The molecule has 1 aromatic carbocycles. The lowest BCUT2D eigenvalue weighted by Crippen LogP contribution is -2.48. The number of nitrogens with zero attached hydrogens (tertiary/aromatic N) is 3. The highest BCUT2D eigenvalue weighted by atomic mass is 32.2. The van der Waals surface area contributed by atoms with Gasteiger partial charge in [-0.1, -0.05) is 19.9 Å². The van der Waals surface area contributed by atoms with Gasteiger partial charge in [0.1, 0.15) is 0 Å². The Morgan fingerprint density at radius 2 is 2.04 bits per heavy atom. The predicted molar refractivity (Wildman–Crippen MR) is 122 cm³/mol. The second-order valence-corrected chi connectivity index (χ2v) is 9.31. The van der Waals surface area contributed by atoms with E-state index in [4.69, 9.17) is 0 Å². The Balaban J connectivity index is 1.96. The van der Waals surface area contributed by atoms with Crippen LogP contribution < -0.4 is 4.90 Å². The first kappa shape index (κ1) is 21.0. The summed E-state index contributed by atoms with van der Waals surface area (Å²) in [6.07, 6.45) is 4.32. The fourth-order valence-electron chi connectivity index (χ4n) is 4.44. The molecule has 5 heteroatoms. The molecule has 0 aromatic heterocycles. The van der Waals surface area contributed by atoms with Crippen LogP contribution in [0.3, 0.4) is 0 Å². The van der Waals surface area contributed by atoms with E-state index in [-0.39, 0.29) is 11.4 Å². The summed E-state index contributed by atoms with van der Waals surface area (Å²) in [5.41, 5.74) is 4.02. The van der Waals surface area contributed by atoms with Crippen molar-refractivity contribution in [2.45, 2.75) is 65.8 Å². The van der Waals surface area contributed by atoms with Crippen LogP contribution in [0.4, 0.5) is 5.69 Å². The number of likely N-dealkylation sites (N-methyl/N-ethyl adjacent to an activating group) is 1. The molecule has 0 aliphatic carbocycles. The highest BCUT2D eigenvalue weighted by Gasteiger charge is 2.36. The van der Waals surface area contributed by atoms with Gasteiger partial charge in [-0.3, -0.25) is 14.7 Å². The highest BCUT2D eigenvalue weighted by Crippen LogP contribution is 2.44. The van der Waals surface area contributed by atoms with Crippen molar-refractivity contribution in [3.8, 4) is 0 Å². The Hall–Kier alpha value is -1.75. The van der Waals surface area contributed by atoms with E-state index in [1.54, 1.807) is 4.90 Å². The number of amidine groups is 1. The highest BCUT2D eigenvalue weighted by molar-refractivity contribution is 8.18. The van der Waals surface area contributed by atoms with Gasteiger partial charge < -0.3 is 4.90 Å². The lowest BCUT2D eigenvalue weighted by Gasteiger charge is -2.47. The number of benzene rings is 1. The number of anilines is 1. The molecule has 3 rings (SSSR count). The van der Waals surface area contributed by atoms with Gasteiger partial charge in [0.25, 0.3) is 5.91 Å². The normalized spacial score (nSPS) is 24.4. The summed E-state index contributed by atoms with van der Waals surface area (Å²) in [6, 6.07) is 6.68. The molecule has 0 saturated carbocycles. The van der Waals surface area contributed by atoms with Crippen molar-refractivity contribution in [2.24, 2.45) is 4.99 Å². The summed E-state index contributed by atoms with van der Waals surface area (Å²) in [7, 11) is 0. The first-order valence-corrected chi connectivity index (χ1v) is 11.3. The second-order valence-electron chi connectivity index (χ2n) is 8.30. The zero-order valence-electron chi connectivity index (χ0n) is 18.1. The SMILES string of the molecule is CCCN1c2ccc(/C=C3/SC(=NCC)N(CC)C3=O)cc2C(C)CC1(C)C. The van der Waals surface area contributed by atoms with Crippen molar-refractivity contribution in [3.05, 3.63) is 34.2 Å². The largest absolute Gasteiger partial charge is 0.366 e. The Kier molecular flexibility index (Phi) is 6.23. The molecular formula is C23H33N3OS. The van der Waals surface area contributed by atoms with Crippen LogP contribution in [0, 0.1) is 0 Å². The predicted octanol–water partition coefficient (Wildman–Crippen LogP) is 5.50. The van der Waals surface area contributed by atoms with E-state index in [1.807, 2.05) is 19.9 Å². The molecule has 0 radical (unpaired) electrons. The van der Waals surface area contributed by atoms with Crippen LogP contribution >= 0.6 is 11.8 Å². The molecule has 2 aliphatic rings. The van der Waals surface area contributed by atoms with Gasteiger partial charge in [0.05, 0.1) is 4.91 Å². The van der Waals surface area contributed by atoms with Crippen LogP contribution in [0.25, 0.3) is 6.08 Å². The maximum Gasteiger partial charge on any atom is 0.266 e. The number of amides is 1. The van der Waals surface area contributed by atoms with Crippen LogP contribution in [0.2, 0.25) is 0 Å². The van der Waals surface area contributed by atoms with Gasteiger partial charge in [-0.2, -0.15) is 0 Å². The maximum atomic E-state index is 12.7. The van der Waals surface area contributed by atoms with E-state index in [1.165, 1.54) is 23.0 Å². The lowest BCUT2D eigenvalue weighted by atomic mass is 9.79. The van der Waals surface area contributed by atoms with Crippen molar-refractivity contribution >= 4 is 34.6 Å². The minimum atomic E-state index is 0.0687. The van der Waals surface area contributed by atoms with Crippen molar-refractivity contribution in [1.82, 2.24) is 4.90 Å². The number of thioether (sulfide) groups is 1. The van der Waals surface area contributed by atoms with Crippen LogP contribution in [-0.4, -0.2) is 41.1 Å². The Morgan fingerprint density at radius 3 is 2.68 bits per heavy atom. The fourth-order valence-corrected chi connectivity index (χ4v) is 5.54. The van der Waals surface area contributed by atoms with E-state index in [2.05, 4.69) is 55.8 Å². The van der Waals surface area contributed by atoms with E-state index in [0.717, 1.165) is 35.0 Å². The summed E-state index contributed by atoms with van der Waals surface area (Å²) < 4.78 is 0. The van der Waals surface area contributed by atoms with E-state index in [0.29, 0.717) is 19.0 Å². The minimum Gasteiger partial charge on any atom is -0.366 e. The summed E-state index contributed by atoms with van der Waals surface area (Å²) in [5, 5.41) is 0.823. The van der Waals surface area contributed by atoms with Crippen LogP contribution in [0.15, 0.2) is 28.1 Å². The molecule has 1 atom stereocenters. The zero-order chi connectivity index (χ0) is 20.5. The van der Waals surface area contributed by atoms with Gasteiger partial charge in [0.2, 0.25) is 0 Å². The van der Waals surface area contributed by atoms with Crippen LogP contribution in [0.1, 0.15) is 71.4 Å². The Morgan fingerprint density at radius 1 is 1.29 bits per heavy atom. The van der Waals surface area contributed by atoms with E-state index < -0.39 is 0 Å². The third-order valence-electron chi connectivity index (χ3n) is 5.65. The molecule has 152 valence electrons. The molecular weight excluding hydrogens is 366 g/mol. The van der Waals surface area contributed by atoms with Gasteiger partial charge >= 0.3 is 0 Å². The number of rotatable bonds is 5. The number of hydrogen-bond acceptors (Lipinski definition) is 4. The van der Waals surface area contributed by atoms with Crippen LogP contribution in [0.5, 0.6) is 0 Å². The van der Waals surface area contributed by atoms with Crippen molar-refractivity contribution in [1.29, 1.82) is 0 Å². The third-order valence-corrected chi connectivity index (χ3v) is 6.70. The maximum absolute atomic E-state index is 12.7. The third kappa shape index (κ3) is 3.86. The Labute approximate surface area is 174 Å². The molecule has 2 heterocycles. The topological polar surface area (TPSA) is 35.9 Å². The minimum absolute atomic E-state index is 0.0687. The molecule has 2 aliphatic heterocycles. The molecule has 28 heavy (non-hydrogen) atoms. The zero-order valence-corrected chi connectivity index (χ0v) is 18.9. The number of fused-ring (bicyclic) bond motifs is 1. The molecule has 1 fully saturated rings. The van der Waals surface area contributed by atoms with Crippen LogP contribution in [-0.2, 0) is 4.79 Å². The van der Waals surface area contributed by atoms with Gasteiger partial charge in [-0.25, -0.2) is 0 Å². The van der Waals surface area contributed by atoms with Gasteiger partial charge in [0.15, 0.2) is 5.17 Å². The van der Waals surface area contributed by atoms with Crippen molar-refractivity contribution in [2.75, 3.05) is 24.5 Å². The molecule has 1 amide bonds. The summed E-state index contributed by atoms with van der Waals surface area (Å²) >= 11 is 1.49. The van der Waals surface area contributed by atoms with Gasteiger partial charge in [0, 0.05) is 30.9 Å². The van der Waals surface area contributed by atoms with Crippen molar-refractivity contribution in [3.63, 3.8) is 0 Å². The van der Waals surface area contributed by atoms with Crippen molar-refractivity contribution < 1.29 is 4.79 Å². The molecule has 0 bridgehead atoms. The number of carbonyl (C=O) groups excluding carboxylic acids is 1. The number of hydrogen-bond donors (Lipinski definition) is 0. The second kappa shape index (κ2) is 8.32. The first-order valence-electron chi connectivity index (χ1n) is 10.5. The summed E-state index contributed by atoms with van der Waals surface area (Å²) in [5.74, 6) is 0.576. The quantitative estimate of drug-likeness (QED) is 0.613. The Bertz CT molecular complexity index is 812. The monoisotopic (exact) mass is 399 g/mol. The average Bonchev–Trinajstić information content (AvgIpc) is 2.93. The molecule has 0 spiro atoms. The standard InChI is InChI=1S/C23H33N3OS/c1-7-12-26-19-11-10-17(13-18(19)16(4)15-23(26,5)6)14-20-21(27)25(9-3)22(28-20)24-8-2/h10-11,13-14,16H,7-9,12,15H2,1-6H3/b20-14+,24-22?. The van der Waals surface area contributed by atoms with Gasteiger partial charge in [-0.05, 0) is 87.6 Å². The number of carbonyl (C=O) groups is 1. The molecule has 4 nitrogen and oxygen atoms in total. The lowest BCUT2D eigenvalue weighted by molar-refractivity contribution is -0.122. The smallest absolute Gasteiger partial charge is 0.266 e. The summed E-state index contributed by atoms with van der Waals surface area (Å²) in [6.45, 7) is 15.7. The fraction of sp³-hybridized carbons (Fsp3) is 0.565. The van der Waals surface area contributed by atoms with E-state index >= 15 is 0 Å². The molecule has 1 saturated heterocycles. The molecule has 1 unspecified atom stereocenters. The first-order chi connectivity index (χ1) is 13.3. The number of aliphatic imine (C=N–C) groups is 1.